The number of rotatable bonds is 10. The number of Topliss-reactive ketones (excluding diaryl/α,β-unsaturated/α-hetero) is 1. The molecule has 164 valence electrons. The van der Waals surface area contributed by atoms with Crippen molar-refractivity contribution in [2.45, 2.75) is 52.0 Å². The zero-order valence-corrected chi connectivity index (χ0v) is 17.3. The second-order valence-corrected chi connectivity index (χ2v) is 8.12. The van der Waals surface area contributed by atoms with E-state index < -0.39 is 30.4 Å². The lowest BCUT2D eigenvalue weighted by Gasteiger charge is -2.31. The molecule has 2 rings (SSSR count). The lowest BCUT2D eigenvalue weighted by molar-refractivity contribution is -0.150. The Labute approximate surface area is 175 Å². The predicted octanol–water partition coefficient (Wildman–Crippen LogP) is 2.29. The summed E-state index contributed by atoms with van der Waals surface area (Å²) in [6.07, 6.45) is 3.39. The average Bonchev–Trinajstić information content (AvgIpc) is 2.72. The van der Waals surface area contributed by atoms with E-state index in [9.17, 15) is 19.2 Å². The Kier molecular flexibility index (Phi) is 8.38. The van der Waals surface area contributed by atoms with Gasteiger partial charge >= 0.3 is 11.9 Å². The molecule has 1 aliphatic rings. The van der Waals surface area contributed by atoms with Gasteiger partial charge in [-0.05, 0) is 55.2 Å². The number of carbonyl (C=O) groups excluding carboxylic acids is 2. The average molecular weight is 419 g/mol. The fourth-order valence-electron chi connectivity index (χ4n) is 3.80. The third-order valence-electron chi connectivity index (χ3n) is 5.65. The van der Waals surface area contributed by atoms with Crippen molar-refractivity contribution in [3.63, 3.8) is 0 Å². The molecule has 0 heterocycles. The van der Waals surface area contributed by atoms with Crippen LogP contribution in [0.4, 0.5) is 0 Å². The van der Waals surface area contributed by atoms with E-state index in [1.54, 1.807) is 12.1 Å². The molecular formula is C22H29NO7. The van der Waals surface area contributed by atoms with Gasteiger partial charge in [0.2, 0.25) is 5.91 Å². The van der Waals surface area contributed by atoms with E-state index >= 15 is 0 Å². The highest BCUT2D eigenvalue weighted by atomic mass is 16.5. The highest BCUT2D eigenvalue weighted by molar-refractivity contribution is 6.35. The van der Waals surface area contributed by atoms with Gasteiger partial charge in [-0.25, -0.2) is 9.59 Å². The van der Waals surface area contributed by atoms with Crippen molar-refractivity contribution in [3.05, 3.63) is 29.8 Å². The van der Waals surface area contributed by atoms with Gasteiger partial charge in [-0.1, -0.05) is 26.0 Å². The lowest BCUT2D eigenvalue weighted by Crippen LogP contribution is -2.48. The van der Waals surface area contributed by atoms with Crippen molar-refractivity contribution in [2.75, 3.05) is 6.61 Å². The Morgan fingerprint density at radius 1 is 1.03 bits per heavy atom. The summed E-state index contributed by atoms with van der Waals surface area (Å²) in [4.78, 5) is 46.6. The van der Waals surface area contributed by atoms with Crippen molar-refractivity contribution in [1.29, 1.82) is 0 Å². The molecular weight excluding hydrogens is 390 g/mol. The zero-order chi connectivity index (χ0) is 22.3. The van der Waals surface area contributed by atoms with Crippen LogP contribution in [0.3, 0.4) is 0 Å². The fraction of sp³-hybridized carbons (Fsp3) is 0.545. The molecule has 0 bridgehead atoms. The van der Waals surface area contributed by atoms with Crippen LogP contribution in [-0.4, -0.2) is 46.5 Å². The van der Waals surface area contributed by atoms with Crippen molar-refractivity contribution >= 4 is 23.6 Å². The first-order valence-corrected chi connectivity index (χ1v) is 10.2. The molecule has 0 radical (unpaired) electrons. The quantitative estimate of drug-likeness (QED) is 0.496. The number of carboxylic acids is 2. The molecule has 0 aromatic heterocycles. The summed E-state index contributed by atoms with van der Waals surface area (Å²) in [6.45, 7) is 3.86. The first kappa shape index (κ1) is 23.4. The number of ketones is 1. The van der Waals surface area contributed by atoms with E-state index in [4.69, 9.17) is 14.9 Å². The molecule has 1 aromatic rings. The van der Waals surface area contributed by atoms with Crippen molar-refractivity contribution in [2.24, 2.45) is 17.8 Å². The summed E-state index contributed by atoms with van der Waals surface area (Å²) in [7, 11) is 0. The standard InChI is InChI=1S/C22H29NO7/c1-13(2)15-5-7-16(8-6-15)21(27)23-18(20(26)22(28)29)11-14-3-9-17(10-4-14)30-12-19(24)25/h3-4,9-10,13,15-16,18H,5-8,11-12H2,1-2H3,(H,23,27)(H,24,25)(H,28,29). The predicted molar refractivity (Wildman–Crippen MR) is 108 cm³/mol. The number of nitrogens with one attached hydrogen (secondary N) is 1. The Bertz CT molecular complexity index is 764. The molecule has 1 atom stereocenters. The molecule has 1 aromatic carbocycles. The summed E-state index contributed by atoms with van der Waals surface area (Å²) in [5.74, 6) is -2.75. The Hall–Kier alpha value is -2.90. The van der Waals surface area contributed by atoms with Gasteiger partial charge in [-0.15, -0.1) is 0 Å². The highest BCUT2D eigenvalue weighted by Gasteiger charge is 2.32. The van der Waals surface area contributed by atoms with Crippen LogP contribution in [-0.2, 0) is 25.6 Å². The first-order valence-electron chi connectivity index (χ1n) is 10.2. The molecule has 1 amide bonds. The van der Waals surface area contributed by atoms with Crippen LogP contribution in [0.25, 0.3) is 0 Å². The summed E-state index contributed by atoms with van der Waals surface area (Å²) in [5.41, 5.74) is 0.626. The minimum Gasteiger partial charge on any atom is -0.482 e. The molecule has 1 unspecified atom stereocenters. The Morgan fingerprint density at radius 3 is 2.13 bits per heavy atom. The molecule has 3 N–H and O–H groups in total. The number of ether oxygens (including phenoxy) is 1. The molecule has 1 aliphatic carbocycles. The minimum absolute atomic E-state index is 0.0252. The van der Waals surface area contributed by atoms with Crippen LogP contribution in [0.2, 0.25) is 0 Å². The molecule has 0 aliphatic heterocycles. The number of amides is 1. The van der Waals surface area contributed by atoms with E-state index in [2.05, 4.69) is 19.2 Å². The van der Waals surface area contributed by atoms with E-state index in [-0.39, 0.29) is 18.2 Å². The molecule has 8 nitrogen and oxygen atoms in total. The van der Waals surface area contributed by atoms with E-state index in [0.29, 0.717) is 23.1 Å². The number of aliphatic carboxylic acids is 2. The van der Waals surface area contributed by atoms with Gasteiger partial charge in [-0.3, -0.25) is 9.59 Å². The number of hydrogen-bond donors (Lipinski definition) is 3. The Morgan fingerprint density at radius 2 is 1.63 bits per heavy atom. The molecule has 30 heavy (non-hydrogen) atoms. The summed E-state index contributed by atoms with van der Waals surface area (Å²) in [6, 6.07) is 5.13. The van der Waals surface area contributed by atoms with Crippen molar-refractivity contribution in [1.82, 2.24) is 5.32 Å². The first-order chi connectivity index (χ1) is 14.2. The van der Waals surface area contributed by atoms with Gasteiger partial charge in [0.05, 0.1) is 0 Å². The maximum Gasteiger partial charge on any atom is 0.374 e. The maximum absolute atomic E-state index is 12.7. The second kappa shape index (κ2) is 10.8. The fourth-order valence-corrected chi connectivity index (χ4v) is 3.80. The summed E-state index contributed by atoms with van der Waals surface area (Å²) < 4.78 is 5.05. The van der Waals surface area contributed by atoms with E-state index in [0.717, 1.165) is 25.7 Å². The highest BCUT2D eigenvalue weighted by Crippen LogP contribution is 2.33. The topological polar surface area (TPSA) is 130 Å². The largest absolute Gasteiger partial charge is 0.482 e. The van der Waals surface area contributed by atoms with Crippen molar-refractivity contribution in [3.8, 4) is 5.75 Å². The molecule has 0 saturated heterocycles. The molecule has 8 heteroatoms. The third-order valence-corrected chi connectivity index (χ3v) is 5.65. The molecule has 0 spiro atoms. The van der Waals surface area contributed by atoms with E-state index in [1.807, 2.05) is 0 Å². The van der Waals surface area contributed by atoms with Crippen LogP contribution >= 0.6 is 0 Å². The van der Waals surface area contributed by atoms with Crippen LogP contribution in [0.1, 0.15) is 45.1 Å². The summed E-state index contributed by atoms with van der Waals surface area (Å²) in [5, 5.41) is 20.4. The van der Waals surface area contributed by atoms with Gasteiger partial charge in [0.15, 0.2) is 6.61 Å². The monoisotopic (exact) mass is 419 g/mol. The number of carbonyl (C=O) groups is 4. The normalized spacial score (nSPS) is 19.7. The molecule has 1 saturated carbocycles. The van der Waals surface area contributed by atoms with Gasteiger partial charge in [0.25, 0.3) is 5.78 Å². The number of carboxylic acid groups (broad SMARTS) is 2. The van der Waals surface area contributed by atoms with Crippen LogP contribution < -0.4 is 10.1 Å². The smallest absolute Gasteiger partial charge is 0.374 e. The van der Waals surface area contributed by atoms with Gasteiger partial charge in [0, 0.05) is 12.3 Å². The lowest BCUT2D eigenvalue weighted by atomic mass is 9.76. The van der Waals surface area contributed by atoms with Gasteiger partial charge in [-0.2, -0.15) is 0 Å². The van der Waals surface area contributed by atoms with Gasteiger partial charge in [0.1, 0.15) is 11.8 Å². The van der Waals surface area contributed by atoms with Crippen LogP contribution in [0, 0.1) is 17.8 Å². The molecule has 1 fully saturated rings. The SMILES string of the molecule is CC(C)C1CCC(C(=O)NC(Cc2ccc(OCC(=O)O)cc2)C(=O)C(=O)O)CC1. The number of benzene rings is 1. The zero-order valence-electron chi connectivity index (χ0n) is 17.3. The third kappa shape index (κ3) is 6.86. The second-order valence-electron chi connectivity index (χ2n) is 8.12. The Balaban J connectivity index is 2.00. The number of hydrogen-bond acceptors (Lipinski definition) is 5. The minimum atomic E-state index is -1.59. The van der Waals surface area contributed by atoms with Crippen LogP contribution in [0.5, 0.6) is 5.75 Å². The summed E-state index contributed by atoms with van der Waals surface area (Å²) >= 11 is 0. The van der Waals surface area contributed by atoms with Crippen molar-refractivity contribution < 1.29 is 34.1 Å². The van der Waals surface area contributed by atoms with Crippen LogP contribution in [0.15, 0.2) is 24.3 Å². The van der Waals surface area contributed by atoms with E-state index in [1.165, 1.54) is 12.1 Å². The maximum atomic E-state index is 12.7. The van der Waals surface area contributed by atoms with Gasteiger partial charge < -0.3 is 20.3 Å².